The number of ether oxygens (including phenoxy) is 1. The maximum atomic E-state index is 12.8. The number of halogens is 1. The summed E-state index contributed by atoms with van der Waals surface area (Å²) in [5, 5.41) is 11.9. The lowest BCUT2D eigenvalue weighted by Gasteiger charge is -2.16. The Kier molecular flexibility index (Phi) is 4.64. The van der Waals surface area contributed by atoms with Gasteiger partial charge in [0.25, 0.3) is 5.91 Å². The van der Waals surface area contributed by atoms with Crippen LogP contribution in [0.5, 0.6) is 5.75 Å². The smallest absolute Gasteiger partial charge is 0.278 e. The third-order valence-electron chi connectivity index (χ3n) is 4.44. The van der Waals surface area contributed by atoms with Gasteiger partial charge in [0.1, 0.15) is 5.75 Å². The average Bonchev–Trinajstić information content (AvgIpc) is 3.12. The molecule has 27 heavy (non-hydrogen) atoms. The van der Waals surface area contributed by atoms with Crippen molar-refractivity contribution in [1.82, 2.24) is 10.2 Å². The van der Waals surface area contributed by atoms with Gasteiger partial charge in [-0.1, -0.05) is 29.8 Å². The van der Waals surface area contributed by atoms with E-state index in [0.29, 0.717) is 34.5 Å². The zero-order valence-electron chi connectivity index (χ0n) is 14.6. The van der Waals surface area contributed by atoms with E-state index in [9.17, 15) is 4.79 Å². The van der Waals surface area contributed by atoms with Gasteiger partial charge in [-0.2, -0.15) is 0 Å². The first-order valence-corrected chi connectivity index (χ1v) is 8.87. The highest BCUT2D eigenvalue weighted by Gasteiger charge is 2.26. The number of nitrogens with one attached hydrogen (secondary N) is 1. The number of hydrogen-bond donors (Lipinski definition) is 1. The zero-order chi connectivity index (χ0) is 18.8. The molecule has 1 aliphatic rings. The Morgan fingerprint density at radius 2 is 2.00 bits per heavy atom. The van der Waals surface area contributed by atoms with Gasteiger partial charge in [0, 0.05) is 17.3 Å². The number of para-hydroxylation sites is 1. The van der Waals surface area contributed by atoms with Gasteiger partial charge in [-0.25, -0.2) is 0 Å². The normalized spacial score (nSPS) is 12.6. The van der Waals surface area contributed by atoms with Gasteiger partial charge in [0.2, 0.25) is 0 Å². The van der Waals surface area contributed by atoms with E-state index in [4.69, 9.17) is 16.3 Å². The molecular formula is C20H17ClN4O2. The second-order valence-corrected chi connectivity index (χ2v) is 6.55. The minimum Gasteiger partial charge on any atom is -0.495 e. The van der Waals surface area contributed by atoms with E-state index in [1.165, 1.54) is 5.56 Å². The number of rotatable bonds is 4. The third kappa shape index (κ3) is 3.44. The molecule has 136 valence electrons. The molecule has 2 heterocycles. The highest BCUT2D eigenvalue weighted by Crippen LogP contribution is 2.30. The monoisotopic (exact) mass is 380 g/mol. The number of anilines is 3. The van der Waals surface area contributed by atoms with Crippen molar-refractivity contribution >= 4 is 34.7 Å². The Morgan fingerprint density at radius 1 is 1.15 bits per heavy atom. The molecule has 0 bridgehead atoms. The molecular weight excluding hydrogens is 364 g/mol. The number of hydrogen-bond acceptors (Lipinski definition) is 5. The molecule has 2 aromatic carbocycles. The quantitative estimate of drug-likeness (QED) is 0.738. The van der Waals surface area contributed by atoms with Crippen molar-refractivity contribution in [3.63, 3.8) is 0 Å². The minimum absolute atomic E-state index is 0.153. The molecule has 6 nitrogen and oxygen atoms in total. The predicted molar refractivity (Wildman–Crippen MR) is 105 cm³/mol. The SMILES string of the molecule is COc1ccc(Cl)cc1Nc1ccc(C(=O)N2CCc3ccccc32)nn1. The first kappa shape index (κ1) is 17.3. The fourth-order valence-corrected chi connectivity index (χ4v) is 3.29. The maximum absolute atomic E-state index is 12.8. The van der Waals surface area contributed by atoms with Crippen LogP contribution in [0.4, 0.5) is 17.2 Å². The number of nitrogens with zero attached hydrogens (tertiary/aromatic N) is 3. The first-order chi connectivity index (χ1) is 13.2. The third-order valence-corrected chi connectivity index (χ3v) is 4.68. The molecule has 0 radical (unpaired) electrons. The molecule has 0 spiro atoms. The number of fused-ring (bicyclic) bond motifs is 1. The summed E-state index contributed by atoms with van der Waals surface area (Å²) in [6.45, 7) is 0.652. The van der Waals surface area contributed by atoms with Crippen molar-refractivity contribution in [2.24, 2.45) is 0 Å². The van der Waals surface area contributed by atoms with E-state index >= 15 is 0 Å². The van der Waals surface area contributed by atoms with Gasteiger partial charge in [0.05, 0.1) is 12.8 Å². The number of methoxy groups -OCH3 is 1. The van der Waals surface area contributed by atoms with Crippen LogP contribution in [0.1, 0.15) is 16.1 Å². The minimum atomic E-state index is -0.153. The first-order valence-electron chi connectivity index (χ1n) is 8.50. The van der Waals surface area contributed by atoms with Gasteiger partial charge < -0.3 is 15.0 Å². The van der Waals surface area contributed by atoms with Crippen LogP contribution in [0.3, 0.4) is 0 Å². The molecule has 4 rings (SSSR count). The molecule has 0 saturated heterocycles. The number of carbonyl (C=O) groups excluding carboxylic acids is 1. The second kappa shape index (κ2) is 7.25. The van der Waals surface area contributed by atoms with E-state index in [1.807, 2.05) is 24.3 Å². The molecule has 0 aliphatic carbocycles. The molecule has 1 amide bonds. The zero-order valence-corrected chi connectivity index (χ0v) is 15.4. The van der Waals surface area contributed by atoms with Crippen LogP contribution in [0.2, 0.25) is 5.02 Å². The van der Waals surface area contributed by atoms with Crippen LogP contribution in [0.25, 0.3) is 0 Å². The van der Waals surface area contributed by atoms with Crippen molar-refractivity contribution in [3.05, 3.63) is 70.9 Å². The molecule has 0 atom stereocenters. The van der Waals surface area contributed by atoms with Crippen LogP contribution in [-0.2, 0) is 6.42 Å². The van der Waals surface area contributed by atoms with E-state index < -0.39 is 0 Å². The van der Waals surface area contributed by atoms with Gasteiger partial charge in [-0.05, 0) is 48.4 Å². The van der Waals surface area contributed by atoms with Gasteiger partial charge >= 0.3 is 0 Å². The molecule has 1 N–H and O–H groups in total. The Balaban J connectivity index is 1.53. The molecule has 0 fully saturated rings. The fraction of sp³-hybridized carbons (Fsp3) is 0.150. The number of amides is 1. The fourth-order valence-electron chi connectivity index (χ4n) is 3.12. The molecule has 7 heteroatoms. The molecule has 3 aromatic rings. The lowest BCUT2D eigenvalue weighted by Crippen LogP contribution is -2.29. The van der Waals surface area contributed by atoms with Crippen LogP contribution < -0.4 is 15.0 Å². The molecule has 1 aliphatic heterocycles. The highest BCUT2D eigenvalue weighted by atomic mass is 35.5. The van der Waals surface area contributed by atoms with Crippen molar-refractivity contribution in [1.29, 1.82) is 0 Å². The van der Waals surface area contributed by atoms with Crippen molar-refractivity contribution in [2.75, 3.05) is 23.9 Å². The van der Waals surface area contributed by atoms with Crippen LogP contribution in [0, 0.1) is 0 Å². The summed E-state index contributed by atoms with van der Waals surface area (Å²) < 4.78 is 5.31. The Morgan fingerprint density at radius 3 is 2.78 bits per heavy atom. The summed E-state index contributed by atoms with van der Waals surface area (Å²) >= 11 is 6.04. The Bertz CT molecular complexity index is 992. The lowest BCUT2D eigenvalue weighted by atomic mass is 10.2. The number of benzene rings is 2. The summed E-state index contributed by atoms with van der Waals surface area (Å²) in [5.74, 6) is 0.975. The maximum Gasteiger partial charge on any atom is 0.278 e. The number of carbonyl (C=O) groups is 1. The Hall–Kier alpha value is -3.12. The largest absolute Gasteiger partial charge is 0.495 e. The summed E-state index contributed by atoms with van der Waals surface area (Å²) in [6.07, 6.45) is 0.851. The van der Waals surface area contributed by atoms with Crippen LogP contribution >= 0.6 is 11.6 Å². The van der Waals surface area contributed by atoms with Crippen molar-refractivity contribution < 1.29 is 9.53 Å². The molecule has 0 saturated carbocycles. The average molecular weight is 381 g/mol. The lowest BCUT2D eigenvalue weighted by molar-refractivity contribution is 0.0983. The summed E-state index contributed by atoms with van der Waals surface area (Å²) in [6, 6.07) is 16.5. The standard InChI is InChI=1S/C20H17ClN4O2/c1-27-18-8-6-14(21)12-16(18)22-19-9-7-15(23-24-19)20(26)25-11-10-13-4-2-3-5-17(13)25/h2-9,12H,10-11H2,1H3,(H,22,24). The summed E-state index contributed by atoms with van der Waals surface area (Å²) in [5.41, 5.74) is 3.09. The van der Waals surface area contributed by atoms with Gasteiger partial charge in [-0.3, -0.25) is 4.79 Å². The van der Waals surface area contributed by atoms with Crippen molar-refractivity contribution in [2.45, 2.75) is 6.42 Å². The molecule has 0 unspecified atom stereocenters. The van der Waals surface area contributed by atoms with E-state index in [0.717, 1.165) is 12.1 Å². The van der Waals surface area contributed by atoms with E-state index in [2.05, 4.69) is 15.5 Å². The van der Waals surface area contributed by atoms with E-state index in [1.54, 1.807) is 42.3 Å². The molecule has 1 aromatic heterocycles. The van der Waals surface area contributed by atoms with Crippen LogP contribution in [0.15, 0.2) is 54.6 Å². The Labute approximate surface area is 161 Å². The summed E-state index contributed by atoms with van der Waals surface area (Å²) in [4.78, 5) is 14.5. The summed E-state index contributed by atoms with van der Waals surface area (Å²) in [7, 11) is 1.58. The van der Waals surface area contributed by atoms with Gasteiger partial charge in [-0.15, -0.1) is 10.2 Å². The topological polar surface area (TPSA) is 67.3 Å². The van der Waals surface area contributed by atoms with Crippen molar-refractivity contribution in [3.8, 4) is 5.75 Å². The predicted octanol–water partition coefficient (Wildman–Crippen LogP) is 4.09. The van der Waals surface area contributed by atoms with Gasteiger partial charge in [0.15, 0.2) is 11.5 Å². The number of aromatic nitrogens is 2. The van der Waals surface area contributed by atoms with E-state index in [-0.39, 0.29) is 5.91 Å². The highest BCUT2D eigenvalue weighted by molar-refractivity contribution is 6.31. The van der Waals surface area contributed by atoms with Crippen LogP contribution in [-0.4, -0.2) is 29.8 Å². The second-order valence-electron chi connectivity index (χ2n) is 6.11.